The van der Waals surface area contributed by atoms with Gasteiger partial charge in [-0.25, -0.2) is 8.42 Å². The summed E-state index contributed by atoms with van der Waals surface area (Å²) in [6.45, 7) is 2.18. The molecule has 6 nitrogen and oxygen atoms in total. The molecule has 0 saturated carbocycles. The van der Waals surface area contributed by atoms with E-state index in [0.29, 0.717) is 12.1 Å². The molecule has 1 saturated heterocycles. The SMILES string of the molecule is CCCCc1ccc(NC(=O)c2nn(C3CCS(=O)(=O)C3)c3c2CCCC3)cc1. The van der Waals surface area contributed by atoms with Gasteiger partial charge in [-0.15, -0.1) is 0 Å². The molecule has 0 radical (unpaired) electrons. The number of hydrogen-bond acceptors (Lipinski definition) is 4. The number of carbonyl (C=O) groups is 1. The minimum Gasteiger partial charge on any atom is -0.321 e. The summed E-state index contributed by atoms with van der Waals surface area (Å²) in [6.07, 6.45) is 7.72. The quantitative estimate of drug-likeness (QED) is 0.780. The zero-order valence-corrected chi connectivity index (χ0v) is 17.8. The fraction of sp³-hybridized carbons (Fsp3) is 0.545. The van der Waals surface area contributed by atoms with Crippen molar-refractivity contribution in [2.75, 3.05) is 16.8 Å². The van der Waals surface area contributed by atoms with Crippen LogP contribution in [0.15, 0.2) is 24.3 Å². The van der Waals surface area contributed by atoms with Gasteiger partial charge in [0.25, 0.3) is 5.91 Å². The Morgan fingerprint density at radius 1 is 1.21 bits per heavy atom. The summed E-state index contributed by atoms with van der Waals surface area (Å²) < 4.78 is 25.7. The molecule has 4 rings (SSSR count). The van der Waals surface area contributed by atoms with Crippen molar-refractivity contribution in [3.05, 3.63) is 46.8 Å². The van der Waals surface area contributed by atoms with Crippen molar-refractivity contribution in [2.45, 2.75) is 64.3 Å². The Hall–Kier alpha value is -2.15. The highest BCUT2D eigenvalue weighted by Crippen LogP contribution is 2.31. The summed E-state index contributed by atoms with van der Waals surface area (Å²) in [5.74, 6) is 0.128. The molecule has 29 heavy (non-hydrogen) atoms. The molecule has 2 aromatic rings. The zero-order chi connectivity index (χ0) is 20.4. The van der Waals surface area contributed by atoms with Gasteiger partial charge >= 0.3 is 0 Å². The molecule has 1 aliphatic carbocycles. The Kier molecular flexibility index (Phi) is 5.76. The Morgan fingerprint density at radius 3 is 2.66 bits per heavy atom. The van der Waals surface area contributed by atoms with E-state index in [0.717, 1.165) is 61.9 Å². The third-order valence-electron chi connectivity index (χ3n) is 6.01. The van der Waals surface area contributed by atoms with Crippen LogP contribution in [0.3, 0.4) is 0 Å². The van der Waals surface area contributed by atoms with E-state index in [1.54, 1.807) is 0 Å². The lowest BCUT2D eigenvalue weighted by molar-refractivity contribution is 0.102. The van der Waals surface area contributed by atoms with Crippen LogP contribution < -0.4 is 5.32 Å². The highest BCUT2D eigenvalue weighted by atomic mass is 32.2. The van der Waals surface area contributed by atoms with Gasteiger partial charge in [0.15, 0.2) is 15.5 Å². The van der Waals surface area contributed by atoms with Gasteiger partial charge in [0, 0.05) is 16.9 Å². The molecule has 156 valence electrons. The number of aromatic nitrogens is 2. The normalized spacial score (nSPS) is 20.4. The van der Waals surface area contributed by atoms with Crippen LogP contribution in [0.2, 0.25) is 0 Å². The summed E-state index contributed by atoms with van der Waals surface area (Å²) in [4.78, 5) is 13.0. The fourth-order valence-corrected chi connectivity index (χ4v) is 6.10. The number of amides is 1. The van der Waals surface area contributed by atoms with Gasteiger partial charge in [-0.1, -0.05) is 25.5 Å². The Bertz CT molecular complexity index is 993. The standard InChI is InChI=1S/C22H29N3O3S/c1-2-3-6-16-9-11-17(12-10-16)23-22(26)21-19-7-4-5-8-20(19)25(24-21)18-13-14-29(27,28)15-18/h9-12,18H,2-8,13-15H2,1H3,(H,23,26). The third-order valence-corrected chi connectivity index (χ3v) is 7.76. The van der Waals surface area contributed by atoms with Gasteiger partial charge in [0.1, 0.15) is 0 Å². The molecule has 1 aliphatic heterocycles. The van der Waals surface area contributed by atoms with Gasteiger partial charge in [-0.2, -0.15) is 5.10 Å². The van der Waals surface area contributed by atoms with Crippen molar-refractivity contribution in [1.29, 1.82) is 0 Å². The highest BCUT2D eigenvalue weighted by molar-refractivity contribution is 7.91. The van der Waals surface area contributed by atoms with Gasteiger partial charge in [-0.3, -0.25) is 9.48 Å². The number of aryl methyl sites for hydroxylation is 1. The van der Waals surface area contributed by atoms with E-state index in [-0.39, 0.29) is 23.5 Å². The largest absolute Gasteiger partial charge is 0.321 e. The fourth-order valence-electron chi connectivity index (χ4n) is 4.40. The van der Waals surface area contributed by atoms with Crippen LogP contribution in [0.5, 0.6) is 0 Å². The Balaban J connectivity index is 1.55. The van der Waals surface area contributed by atoms with Crippen molar-refractivity contribution in [2.24, 2.45) is 0 Å². The summed E-state index contributed by atoms with van der Waals surface area (Å²) in [7, 11) is -3.00. The number of anilines is 1. The molecular weight excluding hydrogens is 386 g/mol. The first kappa shape index (κ1) is 20.1. The van der Waals surface area contributed by atoms with Gasteiger partial charge < -0.3 is 5.32 Å². The first-order valence-electron chi connectivity index (χ1n) is 10.7. The van der Waals surface area contributed by atoms with E-state index in [2.05, 4.69) is 29.5 Å². The number of unbranched alkanes of at least 4 members (excludes halogenated alkanes) is 1. The molecule has 1 N–H and O–H groups in total. The molecule has 1 aromatic carbocycles. The average Bonchev–Trinajstić information content (AvgIpc) is 3.27. The third kappa shape index (κ3) is 4.39. The van der Waals surface area contributed by atoms with E-state index >= 15 is 0 Å². The highest BCUT2D eigenvalue weighted by Gasteiger charge is 2.34. The number of nitrogens with zero attached hydrogens (tertiary/aromatic N) is 2. The van der Waals surface area contributed by atoms with Crippen molar-refractivity contribution in [3.63, 3.8) is 0 Å². The van der Waals surface area contributed by atoms with E-state index in [1.807, 2.05) is 16.8 Å². The number of sulfone groups is 1. The molecule has 0 bridgehead atoms. The topological polar surface area (TPSA) is 81.1 Å². The molecule has 1 aromatic heterocycles. The molecule has 1 amide bonds. The van der Waals surface area contributed by atoms with Crippen LogP contribution in [0.25, 0.3) is 0 Å². The predicted octanol–water partition coefficient (Wildman–Crippen LogP) is 3.72. The second-order valence-electron chi connectivity index (χ2n) is 8.24. The number of benzene rings is 1. The number of rotatable bonds is 6. The molecule has 1 atom stereocenters. The number of carbonyl (C=O) groups excluding carboxylic acids is 1. The lowest BCUT2D eigenvalue weighted by Crippen LogP contribution is -2.17. The molecule has 0 spiro atoms. The molecule has 1 unspecified atom stereocenters. The number of hydrogen-bond donors (Lipinski definition) is 1. The van der Waals surface area contributed by atoms with Gasteiger partial charge in [0.2, 0.25) is 0 Å². The minimum atomic E-state index is -3.00. The molecule has 7 heteroatoms. The molecule has 2 aliphatic rings. The minimum absolute atomic E-state index is 0.126. The van der Waals surface area contributed by atoms with Gasteiger partial charge in [0.05, 0.1) is 17.5 Å². The van der Waals surface area contributed by atoms with Crippen LogP contribution in [0.1, 0.15) is 72.4 Å². The van der Waals surface area contributed by atoms with Crippen LogP contribution in [0, 0.1) is 0 Å². The second kappa shape index (κ2) is 8.30. The molecular formula is C22H29N3O3S. The van der Waals surface area contributed by atoms with Crippen molar-refractivity contribution >= 4 is 21.4 Å². The summed E-state index contributed by atoms with van der Waals surface area (Å²) in [6, 6.07) is 7.85. The smallest absolute Gasteiger partial charge is 0.276 e. The van der Waals surface area contributed by atoms with E-state index in [9.17, 15) is 13.2 Å². The number of nitrogens with one attached hydrogen (secondary N) is 1. The Labute approximate surface area is 172 Å². The predicted molar refractivity (Wildman–Crippen MR) is 114 cm³/mol. The summed E-state index contributed by atoms with van der Waals surface area (Å²) >= 11 is 0. The van der Waals surface area contributed by atoms with E-state index in [1.165, 1.54) is 5.56 Å². The summed E-state index contributed by atoms with van der Waals surface area (Å²) in [5.41, 5.74) is 4.54. The average molecular weight is 416 g/mol. The monoisotopic (exact) mass is 415 g/mol. The van der Waals surface area contributed by atoms with Crippen LogP contribution in [0.4, 0.5) is 5.69 Å². The van der Waals surface area contributed by atoms with Crippen LogP contribution >= 0.6 is 0 Å². The maximum Gasteiger partial charge on any atom is 0.276 e. The Morgan fingerprint density at radius 2 is 1.97 bits per heavy atom. The maximum absolute atomic E-state index is 13.0. The van der Waals surface area contributed by atoms with Crippen molar-refractivity contribution < 1.29 is 13.2 Å². The van der Waals surface area contributed by atoms with E-state index < -0.39 is 9.84 Å². The first-order valence-corrected chi connectivity index (χ1v) is 12.5. The molecule has 1 fully saturated rings. The second-order valence-corrected chi connectivity index (χ2v) is 10.5. The lowest BCUT2D eigenvalue weighted by atomic mass is 9.95. The molecule has 2 heterocycles. The maximum atomic E-state index is 13.0. The van der Waals surface area contributed by atoms with Crippen LogP contribution in [-0.2, 0) is 29.1 Å². The van der Waals surface area contributed by atoms with E-state index in [4.69, 9.17) is 0 Å². The lowest BCUT2D eigenvalue weighted by Gasteiger charge is -2.17. The zero-order valence-electron chi connectivity index (χ0n) is 17.0. The summed E-state index contributed by atoms with van der Waals surface area (Å²) in [5, 5.41) is 7.61. The van der Waals surface area contributed by atoms with Crippen LogP contribution in [-0.4, -0.2) is 35.6 Å². The van der Waals surface area contributed by atoms with Crippen molar-refractivity contribution in [1.82, 2.24) is 9.78 Å². The van der Waals surface area contributed by atoms with Gasteiger partial charge in [-0.05, 0) is 62.6 Å². The number of fused-ring (bicyclic) bond motifs is 1. The first-order chi connectivity index (χ1) is 14.0. The van der Waals surface area contributed by atoms with Crippen molar-refractivity contribution in [3.8, 4) is 0 Å².